The molecule has 0 spiro atoms. The molecule has 3 aromatic carbocycles. The predicted octanol–water partition coefficient (Wildman–Crippen LogP) is 6.03. The summed E-state index contributed by atoms with van der Waals surface area (Å²) in [6, 6.07) is 17.2. The van der Waals surface area contributed by atoms with Crippen LogP contribution < -0.4 is 8.92 Å². The Morgan fingerprint density at radius 1 is 1.07 bits per heavy atom. The third kappa shape index (κ3) is 5.53. The van der Waals surface area contributed by atoms with E-state index in [2.05, 4.69) is 11.9 Å². The lowest BCUT2D eigenvalue weighted by Crippen LogP contribution is -2.11. The van der Waals surface area contributed by atoms with Crippen LogP contribution >= 0.6 is 34.2 Å². The van der Waals surface area contributed by atoms with E-state index in [0.29, 0.717) is 14.3 Å². The average molecular weight is 556 g/mol. The van der Waals surface area contributed by atoms with Gasteiger partial charge in [-0.25, -0.2) is 0 Å². The highest BCUT2D eigenvalue weighted by Gasteiger charge is 2.21. The van der Waals surface area contributed by atoms with Crippen molar-refractivity contribution < 1.29 is 17.3 Å². The molecule has 5 nitrogen and oxygen atoms in total. The van der Waals surface area contributed by atoms with Crippen LogP contribution in [0.15, 0.2) is 70.6 Å². The zero-order chi connectivity index (χ0) is 21.7. The Morgan fingerprint density at radius 3 is 2.33 bits per heavy atom. The van der Waals surface area contributed by atoms with Crippen molar-refractivity contribution >= 4 is 56.2 Å². The highest BCUT2D eigenvalue weighted by molar-refractivity contribution is 14.1. The second-order valence-electron chi connectivity index (χ2n) is 6.30. The van der Waals surface area contributed by atoms with Crippen molar-refractivity contribution in [2.45, 2.75) is 18.2 Å². The van der Waals surface area contributed by atoms with Gasteiger partial charge in [0, 0.05) is 11.2 Å². The number of methoxy groups -OCH3 is 1. The molecule has 3 aromatic rings. The average Bonchev–Trinajstić information content (AvgIpc) is 2.74. The Hall–Kier alpha value is -2.10. The summed E-state index contributed by atoms with van der Waals surface area (Å²) < 4.78 is 36.6. The standard InChI is InChI=1S/C22H19ClINO4S/c1-3-15-4-8-18(9-5-15)25-14-16-12-20(24)22(21(13-16)28-2)29-30(26,27)19-10-6-17(23)7-11-19/h4-14H,3H2,1-2H3. The van der Waals surface area contributed by atoms with E-state index in [1.165, 1.54) is 36.9 Å². The van der Waals surface area contributed by atoms with Gasteiger partial charge in [-0.1, -0.05) is 30.7 Å². The zero-order valence-corrected chi connectivity index (χ0v) is 20.0. The van der Waals surface area contributed by atoms with Gasteiger partial charge in [0.15, 0.2) is 11.5 Å². The minimum absolute atomic E-state index is 0.00548. The molecule has 156 valence electrons. The quantitative estimate of drug-likeness (QED) is 0.203. The molecule has 0 saturated carbocycles. The topological polar surface area (TPSA) is 65.0 Å². The third-order valence-electron chi connectivity index (χ3n) is 4.25. The number of benzene rings is 3. The highest BCUT2D eigenvalue weighted by atomic mass is 127. The molecule has 0 heterocycles. The highest BCUT2D eigenvalue weighted by Crippen LogP contribution is 2.36. The van der Waals surface area contributed by atoms with Crippen molar-refractivity contribution in [1.29, 1.82) is 0 Å². The summed E-state index contributed by atoms with van der Waals surface area (Å²) in [5.74, 6) is 0.416. The summed E-state index contributed by atoms with van der Waals surface area (Å²) in [6.45, 7) is 2.10. The Morgan fingerprint density at radius 2 is 1.73 bits per heavy atom. The second kappa shape index (κ2) is 9.80. The van der Waals surface area contributed by atoms with Gasteiger partial charge in [0.2, 0.25) is 0 Å². The van der Waals surface area contributed by atoms with Crippen molar-refractivity contribution in [1.82, 2.24) is 0 Å². The normalized spacial score (nSPS) is 11.6. The Balaban J connectivity index is 1.88. The van der Waals surface area contributed by atoms with Gasteiger partial charge in [-0.15, -0.1) is 0 Å². The van der Waals surface area contributed by atoms with E-state index in [1.807, 2.05) is 46.9 Å². The fourth-order valence-electron chi connectivity index (χ4n) is 2.62. The maximum atomic E-state index is 12.6. The number of hydrogen-bond acceptors (Lipinski definition) is 5. The van der Waals surface area contributed by atoms with Gasteiger partial charge in [-0.3, -0.25) is 4.99 Å². The molecule has 0 aromatic heterocycles. The maximum Gasteiger partial charge on any atom is 0.339 e. The minimum Gasteiger partial charge on any atom is -0.493 e. The van der Waals surface area contributed by atoms with Crippen LogP contribution in [0, 0.1) is 3.57 Å². The smallest absolute Gasteiger partial charge is 0.339 e. The monoisotopic (exact) mass is 555 g/mol. The van der Waals surface area contributed by atoms with Crippen LogP contribution in [0.2, 0.25) is 5.02 Å². The minimum atomic E-state index is -4.04. The molecular weight excluding hydrogens is 537 g/mol. The lowest BCUT2D eigenvalue weighted by atomic mass is 10.1. The Kier molecular flexibility index (Phi) is 7.38. The summed E-state index contributed by atoms with van der Waals surface area (Å²) in [4.78, 5) is 4.48. The summed E-state index contributed by atoms with van der Waals surface area (Å²) in [5, 5.41) is 0.439. The van der Waals surface area contributed by atoms with Crippen molar-refractivity contribution in [2.75, 3.05) is 7.11 Å². The lowest BCUT2D eigenvalue weighted by Gasteiger charge is -2.13. The molecule has 8 heteroatoms. The van der Waals surface area contributed by atoms with Crippen molar-refractivity contribution in [3.63, 3.8) is 0 Å². The predicted molar refractivity (Wildman–Crippen MR) is 128 cm³/mol. The number of halogens is 2. The van der Waals surface area contributed by atoms with Gasteiger partial charge in [-0.05, 0) is 88.7 Å². The fraction of sp³-hybridized carbons (Fsp3) is 0.136. The van der Waals surface area contributed by atoms with Gasteiger partial charge >= 0.3 is 10.1 Å². The van der Waals surface area contributed by atoms with Gasteiger partial charge < -0.3 is 8.92 Å². The summed E-state index contributed by atoms with van der Waals surface area (Å²) in [5.41, 5.74) is 2.83. The number of aliphatic imine (C=N–C) groups is 1. The van der Waals surface area contributed by atoms with Gasteiger partial charge in [0.25, 0.3) is 0 Å². The van der Waals surface area contributed by atoms with E-state index < -0.39 is 10.1 Å². The van der Waals surface area contributed by atoms with Crippen LogP contribution in [0.5, 0.6) is 11.5 Å². The van der Waals surface area contributed by atoms with Crippen molar-refractivity contribution in [2.24, 2.45) is 4.99 Å². The molecule has 0 saturated heterocycles. The molecule has 3 rings (SSSR count). The number of aryl methyl sites for hydroxylation is 1. The van der Waals surface area contributed by atoms with E-state index in [0.717, 1.165) is 17.7 Å². The number of ether oxygens (including phenoxy) is 1. The maximum absolute atomic E-state index is 12.6. The van der Waals surface area contributed by atoms with Crippen molar-refractivity contribution in [3.05, 3.63) is 80.4 Å². The fourth-order valence-corrected chi connectivity index (χ4v) is 4.59. The first-order chi connectivity index (χ1) is 14.3. The second-order valence-corrected chi connectivity index (χ2v) is 9.45. The van der Waals surface area contributed by atoms with Gasteiger partial charge in [0.1, 0.15) is 4.90 Å². The van der Waals surface area contributed by atoms with Crippen LogP contribution in [-0.4, -0.2) is 21.7 Å². The van der Waals surface area contributed by atoms with Gasteiger partial charge in [0.05, 0.1) is 16.4 Å². The Bertz CT molecular complexity index is 1160. The van der Waals surface area contributed by atoms with E-state index in [-0.39, 0.29) is 10.6 Å². The van der Waals surface area contributed by atoms with Crippen LogP contribution in [-0.2, 0) is 16.5 Å². The molecular formula is C22H19ClINO4S. The van der Waals surface area contributed by atoms with E-state index in [9.17, 15) is 8.42 Å². The third-order valence-corrected chi connectivity index (χ3v) is 6.54. The lowest BCUT2D eigenvalue weighted by molar-refractivity contribution is 0.389. The van der Waals surface area contributed by atoms with Crippen LogP contribution in [0.1, 0.15) is 18.1 Å². The number of nitrogens with zero attached hydrogens (tertiary/aromatic N) is 1. The molecule has 0 amide bonds. The molecule has 0 radical (unpaired) electrons. The van der Waals surface area contributed by atoms with E-state index in [1.54, 1.807) is 18.3 Å². The van der Waals surface area contributed by atoms with Gasteiger partial charge in [-0.2, -0.15) is 8.42 Å². The molecule has 0 atom stereocenters. The summed E-state index contributed by atoms with van der Waals surface area (Å²) in [7, 11) is -2.58. The first-order valence-electron chi connectivity index (χ1n) is 9.03. The van der Waals surface area contributed by atoms with Crippen LogP contribution in [0.25, 0.3) is 0 Å². The largest absolute Gasteiger partial charge is 0.493 e. The zero-order valence-electron chi connectivity index (χ0n) is 16.3. The number of hydrogen-bond donors (Lipinski definition) is 0. The first-order valence-corrected chi connectivity index (χ1v) is 11.9. The molecule has 0 aliphatic rings. The van der Waals surface area contributed by atoms with E-state index in [4.69, 9.17) is 20.5 Å². The first kappa shape index (κ1) is 22.6. The molecule has 30 heavy (non-hydrogen) atoms. The van der Waals surface area contributed by atoms with Crippen LogP contribution in [0.3, 0.4) is 0 Å². The number of rotatable bonds is 7. The van der Waals surface area contributed by atoms with Crippen LogP contribution in [0.4, 0.5) is 5.69 Å². The summed E-state index contributed by atoms with van der Waals surface area (Å²) in [6.07, 6.45) is 2.67. The Labute approximate surface area is 195 Å². The van der Waals surface area contributed by atoms with Crippen molar-refractivity contribution in [3.8, 4) is 11.5 Å². The molecule has 0 unspecified atom stereocenters. The molecule has 0 bridgehead atoms. The molecule has 0 N–H and O–H groups in total. The molecule has 0 aliphatic heterocycles. The molecule has 0 fully saturated rings. The molecule has 0 aliphatic carbocycles. The van der Waals surface area contributed by atoms with E-state index >= 15 is 0 Å². The summed E-state index contributed by atoms with van der Waals surface area (Å²) >= 11 is 7.84. The SMILES string of the molecule is CCc1ccc(N=Cc2cc(I)c(OS(=O)(=O)c3ccc(Cl)cc3)c(OC)c2)cc1.